The minimum Gasteiger partial charge on any atom is -0.458 e. The summed E-state index contributed by atoms with van der Waals surface area (Å²) in [7, 11) is 0. The van der Waals surface area contributed by atoms with Crippen molar-refractivity contribution >= 4 is 12.1 Å². The summed E-state index contributed by atoms with van der Waals surface area (Å²) >= 11 is 0. The maximum Gasteiger partial charge on any atom is 0.509 e. The van der Waals surface area contributed by atoms with Gasteiger partial charge in [-0.2, -0.15) is 0 Å². The minimum absolute atomic E-state index is 0.0369. The summed E-state index contributed by atoms with van der Waals surface area (Å²) in [6, 6.07) is 0. The molecule has 5 heteroatoms. The number of cyclic esters (lactones) is 2. The van der Waals surface area contributed by atoms with Crippen LogP contribution in [0.3, 0.4) is 0 Å². The third-order valence-corrected chi connectivity index (χ3v) is 2.12. The summed E-state index contributed by atoms with van der Waals surface area (Å²) in [5.41, 5.74) is -0.907. The van der Waals surface area contributed by atoms with Gasteiger partial charge < -0.3 is 14.2 Å². The molecule has 0 N–H and O–H groups in total. The third-order valence-electron chi connectivity index (χ3n) is 2.12. The molecule has 1 heterocycles. The lowest BCUT2D eigenvalue weighted by molar-refractivity contribution is -0.144. The van der Waals surface area contributed by atoms with Crippen molar-refractivity contribution in [3.8, 4) is 0 Å². The third kappa shape index (κ3) is 2.04. The Balaban J connectivity index is 2.54. The van der Waals surface area contributed by atoms with E-state index >= 15 is 0 Å². The summed E-state index contributed by atoms with van der Waals surface area (Å²) < 4.78 is 14.4. The van der Waals surface area contributed by atoms with Crippen LogP contribution < -0.4 is 0 Å². The molecule has 14 heavy (non-hydrogen) atoms. The molecule has 0 aromatic heterocycles. The van der Waals surface area contributed by atoms with Crippen LogP contribution in [-0.4, -0.2) is 30.4 Å². The standard InChI is InChI=1S/C9H12O5/c1-4-7(10)12-5-9(3)6(2)13-8(11)14-9/h4,6H,1,5H2,2-3H3. The maximum absolute atomic E-state index is 10.8. The Bertz CT molecular complexity index is 272. The first kappa shape index (κ1) is 10.6. The van der Waals surface area contributed by atoms with E-state index in [0.29, 0.717) is 0 Å². The zero-order valence-electron chi connectivity index (χ0n) is 8.11. The number of ether oxygens (including phenoxy) is 3. The zero-order valence-corrected chi connectivity index (χ0v) is 8.11. The summed E-state index contributed by atoms with van der Waals surface area (Å²) in [5, 5.41) is 0. The Hall–Kier alpha value is -1.52. The summed E-state index contributed by atoms with van der Waals surface area (Å²) in [6.45, 7) is 6.52. The van der Waals surface area contributed by atoms with Gasteiger partial charge in [0, 0.05) is 6.08 Å². The van der Waals surface area contributed by atoms with E-state index in [1.807, 2.05) is 0 Å². The normalized spacial score (nSPS) is 30.4. The number of carbonyl (C=O) groups is 2. The molecule has 5 nitrogen and oxygen atoms in total. The monoisotopic (exact) mass is 200 g/mol. The highest BCUT2D eigenvalue weighted by atomic mass is 16.8. The van der Waals surface area contributed by atoms with Crippen molar-refractivity contribution in [2.45, 2.75) is 25.6 Å². The van der Waals surface area contributed by atoms with Crippen molar-refractivity contribution in [1.82, 2.24) is 0 Å². The molecule has 1 rings (SSSR count). The highest BCUT2D eigenvalue weighted by molar-refractivity contribution is 5.81. The van der Waals surface area contributed by atoms with Crippen LogP contribution in [0.25, 0.3) is 0 Å². The fourth-order valence-corrected chi connectivity index (χ4v) is 0.987. The molecular formula is C9H12O5. The van der Waals surface area contributed by atoms with E-state index in [9.17, 15) is 9.59 Å². The molecule has 0 aliphatic carbocycles. The van der Waals surface area contributed by atoms with Gasteiger partial charge in [0.05, 0.1) is 0 Å². The van der Waals surface area contributed by atoms with Crippen LogP contribution in [0, 0.1) is 0 Å². The maximum atomic E-state index is 10.8. The molecule has 0 radical (unpaired) electrons. The Morgan fingerprint density at radius 3 is 2.86 bits per heavy atom. The van der Waals surface area contributed by atoms with Crippen molar-refractivity contribution in [3.63, 3.8) is 0 Å². The number of carbonyl (C=O) groups excluding carboxylic acids is 2. The molecule has 0 amide bonds. The van der Waals surface area contributed by atoms with Crippen LogP contribution in [-0.2, 0) is 19.0 Å². The molecule has 1 fully saturated rings. The quantitative estimate of drug-likeness (QED) is 0.503. The first-order chi connectivity index (χ1) is 6.48. The van der Waals surface area contributed by atoms with Crippen molar-refractivity contribution in [1.29, 1.82) is 0 Å². The van der Waals surface area contributed by atoms with E-state index in [0.717, 1.165) is 6.08 Å². The zero-order chi connectivity index (χ0) is 10.8. The molecule has 1 aliphatic rings. The van der Waals surface area contributed by atoms with Gasteiger partial charge in [-0.3, -0.25) is 0 Å². The lowest BCUT2D eigenvalue weighted by atomic mass is 10.0. The Kier molecular flexibility index (Phi) is 2.78. The molecule has 0 saturated carbocycles. The number of esters is 1. The van der Waals surface area contributed by atoms with Crippen molar-refractivity contribution in [2.75, 3.05) is 6.61 Å². The Labute approximate surface area is 81.6 Å². The van der Waals surface area contributed by atoms with E-state index in [-0.39, 0.29) is 6.61 Å². The summed E-state index contributed by atoms with van der Waals surface area (Å²) in [6.07, 6.45) is -0.131. The predicted molar refractivity (Wildman–Crippen MR) is 46.6 cm³/mol. The molecule has 1 saturated heterocycles. The molecular weight excluding hydrogens is 188 g/mol. The first-order valence-corrected chi connectivity index (χ1v) is 4.17. The van der Waals surface area contributed by atoms with Gasteiger partial charge in [0.15, 0.2) is 5.60 Å². The molecule has 0 aromatic rings. The Morgan fingerprint density at radius 1 is 1.79 bits per heavy atom. The smallest absolute Gasteiger partial charge is 0.458 e. The SMILES string of the molecule is C=CC(=O)OCC1(C)OC(=O)OC1C. The van der Waals surface area contributed by atoms with Gasteiger partial charge >= 0.3 is 12.1 Å². The van der Waals surface area contributed by atoms with E-state index in [2.05, 4.69) is 6.58 Å². The summed E-state index contributed by atoms with van der Waals surface area (Å²) in [5.74, 6) is -0.554. The van der Waals surface area contributed by atoms with Gasteiger partial charge in [-0.25, -0.2) is 9.59 Å². The average molecular weight is 200 g/mol. The highest BCUT2D eigenvalue weighted by Gasteiger charge is 2.46. The van der Waals surface area contributed by atoms with Crippen LogP contribution in [0.4, 0.5) is 4.79 Å². The molecule has 78 valence electrons. The summed E-state index contributed by atoms with van der Waals surface area (Å²) in [4.78, 5) is 21.6. The van der Waals surface area contributed by atoms with Crippen LogP contribution in [0.15, 0.2) is 12.7 Å². The predicted octanol–water partition coefficient (Wildman–Crippen LogP) is 1.03. The number of rotatable bonds is 3. The lowest BCUT2D eigenvalue weighted by Gasteiger charge is -2.23. The van der Waals surface area contributed by atoms with Gasteiger partial charge in [-0.05, 0) is 13.8 Å². The minimum atomic E-state index is -0.907. The first-order valence-electron chi connectivity index (χ1n) is 4.17. The number of hydrogen-bond donors (Lipinski definition) is 0. The molecule has 0 spiro atoms. The topological polar surface area (TPSA) is 61.8 Å². The van der Waals surface area contributed by atoms with Crippen LogP contribution in [0.1, 0.15) is 13.8 Å². The second-order valence-corrected chi connectivity index (χ2v) is 3.24. The molecule has 2 atom stereocenters. The van der Waals surface area contributed by atoms with Crippen molar-refractivity contribution in [2.24, 2.45) is 0 Å². The van der Waals surface area contributed by atoms with Gasteiger partial charge in [0.2, 0.25) is 0 Å². The van der Waals surface area contributed by atoms with Crippen LogP contribution in [0.5, 0.6) is 0 Å². The van der Waals surface area contributed by atoms with Crippen LogP contribution >= 0.6 is 0 Å². The van der Waals surface area contributed by atoms with Gasteiger partial charge in [0.1, 0.15) is 12.7 Å². The van der Waals surface area contributed by atoms with Gasteiger partial charge in [-0.1, -0.05) is 6.58 Å². The van der Waals surface area contributed by atoms with Gasteiger partial charge in [0.25, 0.3) is 0 Å². The largest absolute Gasteiger partial charge is 0.509 e. The average Bonchev–Trinajstić information content (AvgIpc) is 2.37. The lowest BCUT2D eigenvalue weighted by Crippen LogP contribution is -2.40. The molecule has 1 aliphatic heterocycles. The molecule has 0 bridgehead atoms. The van der Waals surface area contributed by atoms with Crippen molar-refractivity contribution < 1.29 is 23.8 Å². The highest BCUT2D eigenvalue weighted by Crippen LogP contribution is 2.26. The second-order valence-electron chi connectivity index (χ2n) is 3.24. The molecule has 0 aromatic carbocycles. The second kappa shape index (κ2) is 3.69. The van der Waals surface area contributed by atoms with E-state index in [4.69, 9.17) is 14.2 Å². The van der Waals surface area contributed by atoms with E-state index < -0.39 is 23.8 Å². The van der Waals surface area contributed by atoms with Crippen LogP contribution in [0.2, 0.25) is 0 Å². The number of hydrogen-bond acceptors (Lipinski definition) is 5. The fourth-order valence-electron chi connectivity index (χ4n) is 0.987. The Morgan fingerprint density at radius 2 is 2.43 bits per heavy atom. The molecule has 2 unspecified atom stereocenters. The fraction of sp³-hybridized carbons (Fsp3) is 0.556. The van der Waals surface area contributed by atoms with Crippen molar-refractivity contribution in [3.05, 3.63) is 12.7 Å². The van der Waals surface area contributed by atoms with Gasteiger partial charge in [-0.15, -0.1) is 0 Å². The van der Waals surface area contributed by atoms with E-state index in [1.165, 1.54) is 0 Å². The van der Waals surface area contributed by atoms with E-state index in [1.54, 1.807) is 13.8 Å².